The van der Waals surface area contributed by atoms with Gasteiger partial charge < -0.3 is 5.48 Å². The van der Waals surface area contributed by atoms with E-state index in [9.17, 15) is 8.42 Å². The van der Waals surface area contributed by atoms with Gasteiger partial charge in [0, 0.05) is 0 Å². The fourth-order valence-electron chi connectivity index (χ4n) is 1.84. The Labute approximate surface area is 129 Å². The van der Waals surface area contributed by atoms with E-state index in [-0.39, 0.29) is 18.7 Å². The van der Waals surface area contributed by atoms with Crippen molar-refractivity contribution in [2.45, 2.75) is 78.1 Å². The van der Waals surface area contributed by atoms with Gasteiger partial charge in [-0.1, -0.05) is 82.4 Å². The van der Waals surface area contributed by atoms with E-state index in [4.69, 9.17) is 0 Å². The Hall–Kier alpha value is -0.210. The number of unbranched alkanes of at least 4 members (excludes halogenated alkanes) is 9. The second-order valence-electron chi connectivity index (χ2n) is 4.95. The Bertz CT molecular complexity index is 270. The maximum absolute atomic E-state index is 10.1. The molecule has 6 nitrogen and oxygen atoms in total. The zero-order chi connectivity index (χ0) is 15.1. The first-order chi connectivity index (χ1) is 9.62. The molecule has 1 fully saturated rings. The van der Waals surface area contributed by atoms with Crippen LogP contribution >= 0.6 is 0 Å². The van der Waals surface area contributed by atoms with Gasteiger partial charge in [-0.25, -0.2) is 9.07 Å². The molecule has 0 spiro atoms. The zero-order valence-corrected chi connectivity index (χ0v) is 14.3. The Morgan fingerprint density at radius 3 is 1.43 bits per heavy atom. The minimum atomic E-state index is -3.80. The number of rotatable bonds is 9. The minimum Gasteiger partial charge on any atom is -0.412 e. The first kappa shape index (κ1) is 23.1. The molecule has 0 amide bonds. The summed E-state index contributed by atoms with van der Waals surface area (Å²) in [5, 5.41) is 0. The molecule has 0 aliphatic carbocycles. The highest BCUT2D eigenvalue weighted by molar-refractivity contribution is 7.81. The van der Waals surface area contributed by atoms with E-state index in [1.807, 2.05) is 0 Å². The molecule has 0 unspecified atom stereocenters. The lowest BCUT2D eigenvalue weighted by atomic mass is 10.1. The molecule has 130 valence electrons. The Morgan fingerprint density at radius 2 is 1.19 bits per heavy atom. The lowest BCUT2D eigenvalue weighted by Crippen LogP contribution is -2.20. The molecule has 1 aliphatic rings. The normalized spacial score (nSPS) is 16.5. The van der Waals surface area contributed by atoms with Gasteiger partial charge in [-0.15, -0.1) is 0 Å². The first-order valence-corrected chi connectivity index (χ1v) is 9.16. The topological polar surface area (TPSA) is 93.3 Å². The highest BCUT2D eigenvalue weighted by Crippen LogP contribution is 2.09. The van der Waals surface area contributed by atoms with Crippen molar-refractivity contribution in [3.63, 3.8) is 0 Å². The highest BCUT2D eigenvalue weighted by atomic mass is 32.3. The van der Waals surface area contributed by atoms with Gasteiger partial charge in [0.05, 0.1) is 6.61 Å². The summed E-state index contributed by atoms with van der Waals surface area (Å²) in [5.74, 6) is 0. The summed E-state index contributed by atoms with van der Waals surface area (Å²) in [4.78, 5) is 4.07. The summed E-state index contributed by atoms with van der Waals surface area (Å²) < 4.78 is 28.0. The quantitative estimate of drug-likeness (QED) is 0.478. The Morgan fingerprint density at radius 1 is 0.762 bits per heavy atom. The van der Waals surface area contributed by atoms with Gasteiger partial charge in [0.1, 0.15) is 6.61 Å². The second-order valence-corrected chi connectivity index (χ2v) is 6.14. The van der Waals surface area contributed by atoms with E-state index in [0.29, 0.717) is 0 Å². The molecule has 0 saturated carbocycles. The molecule has 1 heterocycles. The third kappa shape index (κ3) is 17.7. The molecule has 1 rings (SSSR count). The van der Waals surface area contributed by atoms with E-state index in [1.54, 1.807) is 0 Å². The summed E-state index contributed by atoms with van der Waals surface area (Å²) in [7, 11) is -3.80. The fourth-order valence-corrected chi connectivity index (χ4v) is 2.34. The van der Waals surface area contributed by atoms with Crippen molar-refractivity contribution in [1.82, 2.24) is 0 Å². The van der Waals surface area contributed by atoms with E-state index in [0.717, 1.165) is 0 Å². The molecule has 0 atom stereocenters. The number of hydrogen-bond acceptors (Lipinski definition) is 5. The average Bonchev–Trinajstić information content (AvgIpc) is 2.42. The van der Waals surface area contributed by atoms with Crippen LogP contribution < -0.4 is 0 Å². The molecule has 0 bridgehead atoms. The summed E-state index contributed by atoms with van der Waals surface area (Å²) in [5.41, 5.74) is 0. The van der Waals surface area contributed by atoms with Gasteiger partial charge in [-0.05, 0) is 0 Å². The third-order valence-electron chi connectivity index (χ3n) is 2.98. The van der Waals surface area contributed by atoms with Gasteiger partial charge in [-0.3, -0.25) is 0 Å². The molecule has 1 aliphatic heterocycles. The van der Waals surface area contributed by atoms with Gasteiger partial charge in [0.15, 0.2) is 0 Å². The van der Waals surface area contributed by atoms with Crippen LogP contribution in [0.3, 0.4) is 0 Å². The fraction of sp³-hybridized carbons (Fsp3) is 1.00. The van der Waals surface area contributed by atoms with Crippen LogP contribution in [0, 0.1) is 0 Å². The van der Waals surface area contributed by atoms with Gasteiger partial charge in [0.25, 0.3) is 0 Å². The lowest BCUT2D eigenvalue weighted by Gasteiger charge is -2.08. The smallest absolute Gasteiger partial charge is 0.412 e. The second kappa shape index (κ2) is 16.2. The number of hydrogen-bond donors (Lipinski definition) is 0. The lowest BCUT2D eigenvalue weighted by molar-refractivity contribution is -0.233. The standard InChI is InChI=1S/C12H26.C2H4O5S.H2O/c1-3-5-7-9-11-12-10-8-6-4-2;3-8(4)6-2-1-5-7-8;/h3-12H2,1-2H3;1-2H2;1H2. The van der Waals surface area contributed by atoms with Crippen molar-refractivity contribution in [2.75, 3.05) is 13.2 Å². The van der Waals surface area contributed by atoms with Crippen molar-refractivity contribution < 1.29 is 27.3 Å². The summed E-state index contributed by atoms with van der Waals surface area (Å²) in [6.07, 6.45) is 14.4. The van der Waals surface area contributed by atoms with Crippen molar-refractivity contribution in [3.8, 4) is 0 Å². The zero-order valence-electron chi connectivity index (χ0n) is 13.4. The molecule has 0 aromatic carbocycles. The maximum atomic E-state index is 10.1. The molecular weight excluding hydrogens is 296 g/mol. The Balaban J connectivity index is 0. The Kier molecular flexibility index (Phi) is 17.8. The molecule has 2 N–H and O–H groups in total. The monoisotopic (exact) mass is 328 g/mol. The largest absolute Gasteiger partial charge is 0.426 e. The summed E-state index contributed by atoms with van der Waals surface area (Å²) in [6.45, 7) is 4.74. The van der Waals surface area contributed by atoms with Gasteiger partial charge in [-0.2, -0.15) is 8.42 Å². The average molecular weight is 328 g/mol. The molecule has 0 radical (unpaired) electrons. The van der Waals surface area contributed by atoms with Crippen molar-refractivity contribution in [3.05, 3.63) is 0 Å². The molecule has 21 heavy (non-hydrogen) atoms. The predicted molar refractivity (Wildman–Crippen MR) is 83.0 cm³/mol. The van der Waals surface area contributed by atoms with E-state index < -0.39 is 10.4 Å². The summed E-state index contributed by atoms with van der Waals surface area (Å²) >= 11 is 0. The van der Waals surface area contributed by atoms with Crippen molar-refractivity contribution in [2.24, 2.45) is 0 Å². The third-order valence-corrected chi connectivity index (χ3v) is 3.70. The van der Waals surface area contributed by atoms with Crippen LogP contribution in [0.5, 0.6) is 0 Å². The molecule has 7 heteroatoms. The van der Waals surface area contributed by atoms with Crippen molar-refractivity contribution >= 4 is 10.4 Å². The van der Waals surface area contributed by atoms with Crippen LogP contribution in [0.1, 0.15) is 78.1 Å². The first-order valence-electron chi connectivity index (χ1n) is 7.82. The van der Waals surface area contributed by atoms with E-state index in [2.05, 4.69) is 27.3 Å². The molecule has 0 aromatic heterocycles. The van der Waals surface area contributed by atoms with Crippen LogP contribution in [0.15, 0.2) is 0 Å². The van der Waals surface area contributed by atoms with Crippen LogP contribution in [-0.2, 0) is 23.8 Å². The molecular formula is C14H32O6S. The van der Waals surface area contributed by atoms with E-state index in [1.165, 1.54) is 64.2 Å². The summed E-state index contributed by atoms with van der Waals surface area (Å²) in [6, 6.07) is 0. The highest BCUT2D eigenvalue weighted by Gasteiger charge is 2.17. The molecule has 0 aromatic rings. The van der Waals surface area contributed by atoms with Crippen molar-refractivity contribution in [1.29, 1.82) is 0 Å². The molecule has 1 saturated heterocycles. The van der Waals surface area contributed by atoms with E-state index >= 15 is 0 Å². The minimum absolute atomic E-state index is 0. The van der Waals surface area contributed by atoms with Gasteiger partial charge >= 0.3 is 10.4 Å². The van der Waals surface area contributed by atoms with Gasteiger partial charge in [0.2, 0.25) is 0 Å². The van der Waals surface area contributed by atoms with Crippen LogP contribution in [-0.4, -0.2) is 27.1 Å². The predicted octanol–water partition coefficient (Wildman–Crippen LogP) is 3.31. The maximum Gasteiger partial charge on any atom is 0.426 e. The van der Waals surface area contributed by atoms with Crippen LogP contribution in [0.4, 0.5) is 0 Å². The SMILES string of the molecule is CCCCCCCCCCCC.O.O=S1(=O)OCCOO1. The van der Waals surface area contributed by atoms with Crippen LogP contribution in [0.2, 0.25) is 0 Å². The van der Waals surface area contributed by atoms with Crippen LogP contribution in [0.25, 0.3) is 0 Å².